The van der Waals surface area contributed by atoms with Gasteiger partial charge in [-0.25, -0.2) is 4.68 Å². The molecule has 2 aromatic rings. The second-order valence-electron chi connectivity index (χ2n) is 4.20. The molecule has 8 nitrogen and oxygen atoms in total. The number of aromatic nitrogens is 4. The number of nitrogens with zero attached hydrogens (tertiary/aromatic N) is 5. The molecular weight excluding hydrogens is 274 g/mol. The summed E-state index contributed by atoms with van der Waals surface area (Å²) in [4.78, 5) is 25.0. The van der Waals surface area contributed by atoms with Crippen molar-refractivity contribution in [2.75, 3.05) is 20.2 Å². The van der Waals surface area contributed by atoms with Crippen molar-refractivity contribution in [2.24, 2.45) is 0 Å². The summed E-state index contributed by atoms with van der Waals surface area (Å²) in [5.41, 5.74) is 1.23. The van der Waals surface area contributed by atoms with Crippen LogP contribution in [0.2, 0.25) is 0 Å². The molecule has 1 heterocycles. The van der Waals surface area contributed by atoms with Gasteiger partial charge in [-0.2, -0.15) is 0 Å². The zero-order valence-corrected chi connectivity index (χ0v) is 11.8. The smallest absolute Gasteiger partial charge is 0.325 e. The molecule has 0 bridgehead atoms. The van der Waals surface area contributed by atoms with E-state index in [4.69, 9.17) is 0 Å². The van der Waals surface area contributed by atoms with Crippen molar-refractivity contribution in [2.45, 2.75) is 6.92 Å². The predicted molar refractivity (Wildman–Crippen MR) is 72.7 cm³/mol. The molecule has 0 saturated carbocycles. The molecule has 2 rings (SSSR count). The predicted octanol–water partition coefficient (Wildman–Crippen LogP) is 0.297. The zero-order chi connectivity index (χ0) is 15.2. The van der Waals surface area contributed by atoms with E-state index >= 15 is 0 Å². The number of carbonyl (C=O) groups excluding carboxylic acids is 2. The molecule has 0 aliphatic carbocycles. The van der Waals surface area contributed by atoms with Crippen molar-refractivity contribution in [1.29, 1.82) is 0 Å². The molecular formula is C13H15N5O3. The second kappa shape index (κ2) is 6.60. The number of benzene rings is 1. The summed E-state index contributed by atoms with van der Waals surface area (Å²) in [6.45, 7) is 2.15. The topological polar surface area (TPSA) is 90.2 Å². The number of esters is 1. The summed E-state index contributed by atoms with van der Waals surface area (Å²) in [5, 5.41) is 10.9. The Morgan fingerprint density at radius 2 is 2.00 bits per heavy atom. The maximum absolute atomic E-state index is 12.3. The average Bonchev–Trinajstić information content (AvgIpc) is 3.06. The van der Waals surface area contributed by atoms with E-state index in [9.17, 15) is 9.59 Å². The summed E-state index contributed by atoms with van der Waals surface area (Å²) >= 11 is 0. The molecule has 0 unspecified atom stereocenters. The molecule has 0 fully saturated rings. The maximum Gasteiger partial charge on any atom is 0.325 e. The Bertz CT molecular complexity index is 609. The number of amides is 1. The minimum absolute atomic E-state index is 0.0689. The van der Waals surface area contributed by atoms with E-state index in [0.717, 1.165) is 5.69 Å². The van der Waals surface area contributed by atoms with Crippen LogP contribution >= 0.6 is 0 Å². The zero-order valence-electron chi connectivity index (χ0n) is 11.8. The lowest BCUT2D eigenvalue weighted by atomic mass is 10.2. The van der Waals surface area contributed by atoms with Crippen LogP contribution < -0.4 is 0 Å². The van der Waals surface area contributed by atoms with E-state index in [1.54, 1.807) is 31.2 Å². The highest BCUT2D eigenvalue weighted by atomic mass is 16.5. The molecule has 0 atom stereocenters. The van der Waals surface area contributed by atoms with E-state index in [2.05, 4.69) is 20.3 Å². The van der Waals surface area contributed by atoms with Gasteiger partial charge in [0.05, 0.1) is 12.8 Å². The molecule has 0 aliphatic rings. The van der Waals surface area contributed by atoms with Gasteiger partial charge in [-0.05, 0) is 41.6 Å². The fourth-order valence-corrected chi connectivity index (χ4v) is 1.77. The van der Waals surface area contributed by atoms with Gasteiger partial charge in [0.1, 0.15) is 12.9 Å². The Morgan fingerprint density at radius 1 is 1.29 bits per heavy atom. The fourth-order valence-electron chi connectivity index (χ4n) is 1.77. The molecule has 0 aliphatic heterocycles. The highest BCUT2D eigenvalue weighted by Gasteiger charge is 2.17. The average molecular weight is 289 g/mol. The van der Waals surface area contributed by atoms with Crippen LogP contribution in [0, 0.1) is 0 Å². The van der Waals surface area contributed by atoms with Gasteiger partial charge in [-0.15, -0.1) is 5.10 Å². The number of hydrogen-bond acceptors (Lipinski definition) is 6. The molecule has 8 heteroatoms. The monoisotopic (exact) mass is 289 g/mol. The van der Waals surface area contributed by atoms with Gasteiger partial charge < -0.3 is 9.64 Å². The number of methoxy groups -OCH3 is 1. The molecule has 1 aromatic heterocycles. The quantitative estimate of drug-likeness (QED) is 0.735. The lowest BCUT2D eigenvalue weighted by molar-refractivity contribution is -0.141. The van der Waals surface area contributed by atoms with Crippen LogP contribution in [0.4, 0.5) is 0 Å². The van der Waals surface area contributed by atoms with Crippen LogP contribution in [-0.4, -0.2) is 57.2 Å². The summed E-state index contributed by atoms with van der Waals surface area (Å²) < 4.78 is 6.06. The van der Waals surface area contributed by atoms with E-state index in [-0.39, 0.29) is 12.5 Å². The Labute approximate surface area is 121 Å². The Morgan fingerprint density at radius 3 is 2.52 bits per heavy atom. The van der Waals surface area contributed by atoms with Crippen molar-refractivity contribution in [3.8, 4) is 5.69 Å². The van der Waals surface area contributed by atoms with E-state index in [1.165, 1.54) is 23.0 Å². The van der Waals surface area contributed by atoms with Gasteiger partial charge in [0.25, 0.3) is 5.91 Å². The first-order chi connectivity index (χ1) is 10.2. The van der Waals surface area contributed by atoms with Crippen LogP contribution in [0.5, 0.6) is 0 Å². The van der Waals surface area contributed by atoms with Gasteiger partial charge in [0.15, 0.2) is 0 Å². The van der Waals surface area contributed by atoms with Gasteiger partial charge in [0, 0.05) is 12.1 Å². The van der Waals surface area contributed by atoms with Crippen molar-refractivity contribution in [3.05, 3.63) is 36.2 Å². The summed E-state index contributed by atoms with van der Waals surface area (Å²) in [5.74, 6) is -0.679. The lowest BCUT2D eigenvalue weighted by Crippen LogP contribution is -2.36. The summed E-state index contributed by atoms with van der Waals surface area (Å²) in [6, 6.07) is 6.80. The number of rotatable bonds is 5. The molecule has 1 amide bonds. The third-order valence-electron chi connectivity index (χ3n) is 2.94. The van der Waals surface area contributed by atoms with Gasteiger partial charge >= 0.3 is 5.97 Å². The number of tetrazole rings is 1. The highest BCUT2D eigenvalue weighted by Crippen LogP contribution is 2.10. The van der Waals surface area contributed by atoms with Crippen LogP contribution in [0.25, 0.3) is 5.69 Å². The molecule has 21 heavy (non-hydrogen) atoms. The van der Waals surface area contributed by atoms with Crippen LogP contribution in [-0.2, 0) is 9.53 Å². The molecule has 0 N–H and O–H groups in total. The van der Waals surface area contributed by atoms with Gasteiger partial charge in [0.2, 0.25) is 0 Å². The van der Waals surface area contributed by atoms with Crippen molar-refractivity contribution in [3.63, 3.8) is 0 Å². The molecule has 110 valence electrons. The highest BCUT2D eigenvalue weighted by molar-refractivity contribution is 5.96. The summed E-state index contributed by atoms with van der Waals surface area (Å²) in [6.07, 6.45) is 1.46. The van der Waals surface area contributed by atoms with Crippen LogP contribution in [0.3, 0.4) is 0 Å². The minimum atomic E-state index is -0.449. The Hall–Kier alpha value is -2.77. The van der Waals surface area contributed by atoms with Crippen molar-refractivity contribution >= 4 is 11.9 Å². The SMILES string of the molecule is CCN(CC(=O)OC)C(=O)c1ccc(-n2cnnn2)cc1. The van der Waals surface area contributed by atoms with Crippen molar-refractivity contribution in [1.82, 2.24) is 25.1 Å². The molecule has 0 saturated heterocycles. The minimum Gasteiger partial charge on any atom is -0.468 e. The first-order valence-electron chi connectivity index (χ1n) is 6.35. The standard InChI is InChI=1S/C13H15N5O3/c1-3-17(8-12(19)21-2)13(20)10-4-6-11(7-5-10)18-9-14-15-16-18/h4-7,9H,3,8H2,1-2H3. The van der Waals surface area contributed by atoms with Crippen LogP contribution in [0.15, 0.2) is 30.6 Å². The van der Waals surface area contributed by atoms with Crippen molar-refractivity contribution < 1.29 is 14.3 Å². The summed E-state index contributed by atoms with van der Waals surface area (Å²) in [7, 11) is 1.29. The Balaban J connectivity index is 2.13. The lowest BCUT2D eigenvalue weighted by Gasteiger charge is -2.19. The third kappa shape index (κ3) is 3.41. The van der Waals surface area contributed by atoms with Crippen LogP contribution in [0.1, 0.15) is 17.3 Å². The number of hydrogen-bond donors (Lipinski definition) is 0. The normalized spacial score (nSPS) is 10.2. The number of likely N-dealkylation sites (N-methyl/N-ethyl adjacent to an activating group) is 1. The van der Waals surface area contributed by atoms with E-state index in [0.29, 0.717) is 12.1 Å². The van der Waals surface area contributed by atoms with E-state index < -0.39 is 5.97 Å². The van der Waals surface area contributed by atoms with Gasteiger partial charge in [-0.3, -0.25) is 9.59 Å². The third-order valence-corrected chi connectivity index (χ3v) is 2.94. The first kappa shape index (κ1) is 14.6. The molecule has 0 radical (unpaired) electrons. The largest absolute Gasteiger partial charge is 0.468 e. The van der Waals surface area contributed by atoms with E-state index in [1.807, 2.05) is 0 Å². The van der Waals surface area contributed by atoms with Gasteiger partial charge in [-0.1, -0.05) is 0 Å². The Kier molecular flexibility index (Phi) is 4.60. The first-order valence-corrected chi connectivity index (χ1v) is 6.35. The maximum atomic E-state index is 12.3. The fraction of sp³-hybridized carbons (Fsp3) is 0.308. The number of ether oxygens (including phenoxy) is 1. The molecule has 0 spiro atoms. The molecule has 1 aromatic carbocycles. The number of carbonyl (C=O) groups is 2. The second-order valence-corrected chi connectivity index (χ2v) is 4.20.